The van der Waals surface area contributed by atoms with E-state index in [0.29, 0.717) is 11.9 Å². The zero-order valence-electron chi connectivity index (χ0n) is 11.1. The highest BCUT2D eigenvalue weighted by Gasteiger charge is 2.26. The molecule has 2 fully saturated rings. The Hall–Kier alpha value is -0.610. The van der Waals surface area contributed by atoms with Crippen molar-refractivity contribution in [2.45, 2.75) is 32.2 Å². The Kier molecular flexibility index (Phi) is 4.40. The van der Waals surface area contributed by atoms with Crippen LogP contribution in [-0.4, -0.2) is 61.5 Å². The lowest BCUT2D eigenvalue weighted by Crippen LogP contribution is -2.52. The van der Waals surface area contributed by atoms with Crippen molar-refractivity contribution in [2.24, 2.45) is 5.92 Å². The molecule has 2 atom stereocenters. The Bertz CT molecular complexity index is 263. The van der Waals surface area contributed by atoms with Crippen LogP contribution in [0.2, 0.25) is 0 Å². The van der Waals surface area contributed by atoms with Crippen molar-refractivity contribution >= 4 is 5.91 Å². The van der Waals surface area contributed by atoms with Gasteiger partial charge in [-0.1, -0.05) is 0 Å². The van der Waals surface area contributed by atoms with Gasteiger partial charge in [0.05, 0.1) is 0 Å². The van der Waals surface area contributed by atoms with Crippen molar-refractivity contribution in [1.29, 1.82) is 0 Å². The smallest absolute Gasteiger partial charge is 0.222 e. The van der Waals surface area contributed by atoms with E-state index in [1.54, 1.807) is 0 Å². The Balaban J connectivity index is 1.74. The van der Waals surface area contributed by atoms with Gasteiger partial charge in [-0.3, -0.25) is 4.79 Å². The van der Waals surface area contributed by atoms with Gasteiger partial charge in [0, 0.05) is 32.1 Å². The highest BCUT2D eigenvalue weighted by molar-refractivity contribution is 5.76. The first kappa shape index (κ1) is 12.8. The van der Waals surface area contributed by atoms with Crippen molar-refractivity contribution in [3.63, 3.8) is 0 Å². The summed E-state index contributed by atoms with van der Waals surface area (Å²) >= 11 is 0. The second kappa shape index (κ2) is 5.83. The molecule has 0 aromatic heterocycles. The molecule has 4 nitrogen and oxygen atoms in total. The van der Waals surface area contributed by atoms with Gasteiger partial charge in [-0.2, -0.15) is 0 Å². The molecule has 0 bridgehead atoms. The first-order valence-electron chi connectivity index (χ1n) is 6.85. The molecule has 1 N–H and O–H groups in total. The highest BCUT2D eigenvalue weighted by atomic mass is 16.2. The van der Waals surface area contributed by atoms with E-state index < -0.39 is 0 Å². The maximum Gasteiger partial charge on any atom is 0.222 e. The predicted octanol–water partition coefficient (Wildman–Crippen LogP) is 0.539. The quantitative estimate of drug-likeness (QED) is 0.781. The van der Waals surface area contributed by atoms with Crippen LogP contribution in [0.4, 0.5) is 0 Å². The molecule has 0 aromatic carbocycles. The van der Waals surface area contributed by atoms with E-state index in [1.165, 1.54) is 6.42 Å². The molecule has 2 heterocycles. The summed E-state index contributed by atoms with van der Waals surface area (Å²) in [5, 5.41) is 3.36. The Labute approximate surface area is 104 Å². The normalized spacial score (nSPS) is 30.8. The molecule has 0 saturated carbocycles. The molecule has 2 aliphatic heterocycles. The topological polar surface area (TPSA) is 35.6 Å². The number of rotatable bonds is 3. The molecule has 4 heteroatoms. The number of carbonyl (C=O) groups excluding carboxylic acids is 1. The molecule has 2 saturated heterocycles. The summed E-state index contributed by atoms with van der Waals surface area (Å²) in [7, 11) is 2.13. The molecule has 0 spiro atoms. The number of piperazine rings is 1. The zero-order chi connectivity index (χ0) is 12.3. The average Bonchev–Trinajstić information content (AvgIpc) is 2.78. The van der Waals surface area contributed by atoms with Gasteiger partial charge >= 0.3 is 0 Å². The second-order valence-electron chi connectivity index (χ2n) is 5.60. The minimum atomic E-state index is 0.359. The second-order valence-corrected chi connectivity index (χ2v) is 5.60. The van der Waals surface area contributed by atoms with Gasteiger partial charge in [-0.25, -0.2) is 0 Å². The predicted molar refractivity (Wildman–Crippen MR) is 68.9 cm³/mol. The van der Waals surface area contributed by atoms with E-state index in [1.807, 2.05) is 0 Å². The van der Waals surface area contributed by atoms with Crippen molar-refractivity contribution < 1.29 is 4.79 Å². The van der Waals surface area contributed by atoms with Gasteiger partial charge in [0.1, 0.15) is 0 Å². The summed E-state index contributed by atoms with van der Waals surface area (Å²) in [5.74, 6) is 1.08. The van der Waals surface area contributed by atoms with Crippen LogP contribution in [0.1, 0.15) is 26.2 Å². The van der Waals surface area contributed by atoms with Crippen molar-refractivity contribution in [3.05, 3.63) is 0 Å². The van der Waals surface area contributed by atoms with Gasteiger partial charge in [0.15, 0.2) is 0 Å². The van der Waals surface area contributed by atoms with Gasteiger partial charge in [0.2, 0.25) is 5.91 Å². The third kappa shape index (κ3) is 3.42. The summed E-state index contributed by atoms with van der Waals surface area (Å²) in [6, 6.07) is 0.378. The van der Waals surface area contributed by atoms with E-state index in [0.717, 1.165) is 51.5 Å². The van der Waals surface area contributed by atoms with E-state index in [9.17, 15) is 4.79 Å². The van der Waals surface area contributed by atoms with E-state index >= 15 is 0 Å². The largest absolute Gasteiger partial charge is 0.337 e. The Morgan fingerprint density at radius 1 is 1.41 bits per heavy atom. The third-order valence-electron chi connectivity index (χ3n) is 4.08. The summed E-state index contributed by atoms with van der Waals surface area (Å²) < 4.78 is 0. The summed E-state index contributed by atoms with van der Waals surface area (Å²) in [6.45, 7) is 7.32. The fourth-order valence-electron chi connectivity index (χ4n) is 2.94. The molecule has 0 aromatic rings. The first-order chi connectivity index (χ1) is 8.16. The van der Waals surface area contributed by atoms with Crippen LogP contribution in [0, 0.1) is 5.92 Å². The van der Waals surface area contributed by atoms with Crippen LogP contribution in [0.15, 0.2) is 0 Å². The number of carbonyl (C=O) groups is 1. The number of nitrogens with one attached hydrogen (secondary N) is 1. The number of likely N-dealkylation sites (N-methyl/N-ethyl adjacent to an activating group) is 1. The fourth-order valence-corrected chi connectivity index (χ4v) is 2.94. The number of hydrogen-bond donors (Lipinski definition) is 1. The summed E-state index contributed by atoms with van der Waals surface area (Å²) in [6.07, 6.45) is 3.04. The lowest BCUT2D eigenvalue weighted by atomic mass is 10.0. The van der Waals surface area contributed by atoms with Crippen LogP contribution >= 0.6 is 0 Å². The molecule has 0 radical (unpaired) electrons. The molecule has 1 amide bonds. The first-order valence-corrected chi connectivity index (χ1v) is 6.85. The SMILES string of the molecule is CC1CN(C)CCN1C(=O)CCC1CCNC1. The van der Waals surface area contributed by atoms with E-state index in [4.69, 9.17) is 0 Å². The monoisotopic (exact) mass is 239 g/mol. The minimum absolute atomic E-state index is 0.359. The molecule has 0 aliphatic carbocycles. The molecule has 2 aliphatic rings. The number of amides is 1. The lowest BCUT2D eigenvalue weighted by Gasteiger charge is -2.38. The van der Waals surface area contributed by atoms with Crippen LogP contribution in [-0.2, 0) is 4.79 Å². The third-order valence-corrected chi connectivity index (χ3v) is 4.08. The van der Waals surface area contributed by atoms with Gasteiger partial charge in [-0.05, 0) is 45.8 Å². The maximum absolute atomic E-state index is 12.2. The average molecular weight is 239 g/mol. The maximum atomic E-state index is 12.2. The van der Waals surface area contributed by atoms with Gasteiger partial charge < -0.3 is 15.1 Å². The molecular formula is C13H25N3O. The Morgan fingerprint density at radius 2 is 2.24 bits per heavy atom. The van der Waals surface area contributed by atoms with Crippen LogP contribution in [0.25, 0.3) is 0 Å². The molecule has 98 valence electrons. The molecule has 2 unspecified atom stereocenters. The molecular weight excluding hydrogens is 214 g/mol. The van der Waals surface area contributed by atoms with Crippen molar-refractivity contribution in [3.8, 4) is 0 Å². The standard InChI is InChI=1S/C13H25N3O/c1-11-10-15(2)7-8-16(11)13(17)4-3-12-5-6-14-9-12/h11-12,14H,3-10H2,1-2H3. The number of hydrogen-bond acceptors (Lipinski definition) is 3. The van der Waals surface area contributed by atoms with Crippen molar-refractivity contribution in [1.82, 2.24) is 15.1 Å². The van der Waals surface area contributed by atoms with E-state index in [2.05, 4.69) is 29.1 Å². The molecule has 17 heavy (non-hydrogen) atoms. The van der Waals surface area contributed by atoms with Gasteiger partial charge in [0.25, 0.3) is 0 Å². The highest BCUT2D eigenvalue weighted by Crippen LogP contribution is 2.17. The van der Waals surface area contributed by atoms with Crippen LogP contribution < -0.4 is 5.32 Å². The zero-order valence-corrected chi connectivity index (χ0v) is 11.1. The van der Waals surface area contributed by atoms with Gasteiger partial charge in [-0.15, -0.1) is 0 Å². The summed E-state index contributed by atoms with van der Waals surface area (Å²) in [4.78, 5) is 16.5. The van der Waals surface area contributed by atoms with E-state index in [-0.39, 0.29) is 0 Å². The minimum Gasteiger partial charge on any atom is -0.337 e. The van der Waals surface area contributed by atoms with Crippen LogP contribution in [0.5, 0.6) is 0 Å². The molecule has 2 rings (SSSR count). The lowest BCUT2D eigenvalue weighted by molar-refractivity contribution is -0.135. The Morgan fingerprint density at radius 3 is 2.88 bits per heavy atom. The summed E-state index contributed by atoms with van der Waals surface area (Å²) in [5.41, 5.74) is 0. The fraction of sp³-hybridized carbons (Fsp3) is 0.923. The van der Waals surface area contributed by atoms with Crippen LogP contribution in [0.3, 0.4) is 0 Å². The number of nitrogens with zero attached hydrogens (tertiary/aromatic N) is 2. The van der Waals surface area contributed by atoms with Crippen molar-refractivity contribution in [2.75, 3.05) is 39.8 Å².